The molecule has 2 rings (SSSR count). The topological polar surface area (TPSA) is 66.0 Å². The van der Waals surface area contributed by atoms with E-state index >= 15 is 0 Å². The van der Waals surface area contributed by atoms with E-state index in [0.29, 0.717) is 18.3 Å². The van der Waals surface area contributed by atoms with Crippen molar-refractivity contribution >= 4 is 35.8 Å². The van der Waals surface area contributed by atoms with Crippen LogP contribution in [0.25, 0.3) is 0 Å². The van der Waals surface area contributed by atoms with Gasteiger partial charge in [-0.2, -0.15) is 0 Å². The molecule has 1 fully saturated rings. The maximum absolute atomic E-state index is 13.0. The molecule has 1 aromatic rings. The van der Waals surface area contributed by atoms with Crippen molar-refractivity contribution < 1.29 is 13.9 Å². The monoisotopic (exact) mass is 520 g/mol. The minimum absolute atomic E-state index is 0. The van der Waals surface area contributed by atoms with E-state index in [4.69, 9.17) is 4.74 Å². The maximum atomic E-state index is 13.0. The Morgan fingerprint density at radius 3 is 2.41 bits per heavy atom. The molecule has 1 aliphatic heterocycles. The molecule has 0 saturated carbocycles. The minimum atomic E-state index is -0.280. The van der Waals surface area contributed by atoms with Gasteiger partial charge in [0, 0.05) is 31.6 Å². The Morgan fingerprint density at radius 2 is 1.86 bits per heavy atom. The van der Waals surface area contributed by atoms with Crippen LogP contribution in [0, 0.1) is 11.7 Å². The van der Waals surface area contributed by atoms with Crippen molar-refractivity contribution in [2.24, 2.45) is 10.9 Å². The zero-order valence-electron chi connectivity index (χ0n) is 17.8. The smallest absolute Gasteiger partial charge is 0.225 e. The molecule has 0 aliphatic carbocycles. The number of piperidine rings is 1. The highest BCUT2D eigenvalue weighted by atomic mass is 127. The van der Waals surface area contributed by atoms with Crippen LogP contribution in [0.2, 0.25) is 0 Å². The molecule has 0 aromatic heterocycles. The number of benzene rings is 1. The first-order valence-corrected chi connectivity index (χ1v) is 10.1. The quantitative estimate of drug-likeness (QED) is 0.329. The minimum Gasteiger partial charge on any atom is -0.489 e. The number of ether oxygens (including phenoxy) is 1. The van der Waals surface area contributed by atoms with Crippen LogP contribution in [-0.4, -0.2) is 55.1 Å². The Balaban J connectivity index is 0.00000420. The average Bonchev–Trinajstić information content (AvgIpc) is 2.68. The summed E-state index contributed by atoms with van der Waals surface area (Å²) >= 11 is 0. The standard InChI is InChI=1S/C21H33FN4O2.HI/c1-5-23-21(24-14-16(4)28-19-8-6-17(22)7-9-19)25-18-10-12-26(13-11-18)20(27)15(2)3;/h6-9,15-16,18H,5,10-14H2,1-4H3,(H2,23,24,25);1H. The Morgan fingerprint density at radius 1 is 1.24 bits per heavy atom. The highest BCUT2D eigenvalue weighted by Gasteiger charge is 2.24. The number of carbonyl (C=O) groups excluding carboxylic acids is 1. The summed E-state index contributed by atoms with van der Waals surface area (Å²) in [6.07, 6.45) is 1.68. The summed E-state index contributed by atoms with van der Waals surface area (Å²) < 4.78 is 18.8. The van der Waals surface area contributed by atoms with E-state index in [-0.39, 0.29) is 47.7 Å². The molecule has 1 aromatic carbocycles. The van der Waals surface area contributed by atoms with Crippen LogP contribution in [0.15, 0.2) is 29.3 Å². The summed E-state index contributed by atoms with van der Waals surface area (Å²) in [6.45, 7) is 10.7. The molecular formula is C21H34FIN4O2. The summed E-state index contributed by atoms with van der Waals surface area (Å²) in [4.78, 5) is 18.7. The second-order valence-electron chi connectivity index (χ2n) is 7.50. The Bertz CT molecular complexity index is 647. The van der Waals surface area contributed by atoms with Gasteiger partial charge in [-0.25, -0.2) is 9.38 Å². The van der Waals surface area contributed by atoms with Crippen molar-refractivity contribution in [2.45, 2.75) is 52.7 Å². The lowest BCUT2D eigenvalue weighted by molar-refractivity contribution is -0.135. The lowest BCUT2D eigenvalue weighted by atomic mass is 10.0. The highest BCUT2D eigenvalue weighted by molar-refractivity contribution is 14.0. The van der Waals surface area contributed by atoms with E-state index in [1.54, 1.807) is 12.1 Å². The van der Waals surface area contributed by atoms with Gasteiger partial charge in [-0.1, -0.05) is 13.8 Å². The van der Waals surface area contributed by atoms with Crippen LogP contribution in [0.1, 0.15) is 40.5 Å². The molecule has 1 heterocycles. The lowest BCUT2D eigenvalue weighted by Crippen LogP contribution is -2.50. The molecule has 8 heteroatoms. The number of likely N-dealkylation sites (tertiary alicyclic amines) is 1. The molecule has 1 atom stereocenters. The van der Waals surface area contributed by atoms with E-state index in [1.165, 1.54) is 12.1 Å². The molecule has 0 bridgehead atoms. The van der Waals surface area contributed by atoms with Gasteiger partial charge in [0.1, 0.15) is 17.7 Å². The van der Waals surface area contributed by atoms with E-state index in [1.807, 2.05) is 32.6 Å². The van der Waals surface area contributed by atoms with Gasteiger partial charge in [0.15, 0.2) is 5.96 Å². The van der Waals surface area contributed by atoms with Gasteiger partial charge in [0.25, 0.3) is 0 Å². The number of nitrogens with zero attached hydrogens (tertiary/aromatic N) is 2. The average molecular weight is 520 g/mol. The number of nitrogens with one attached hydrogen (secondary N) is 2. The summed E-state index contributed by atoms with van der Waals surface area (Å²) in [7, 11) is 0. The van der Waals surface area contributed by atoms with E-state index in [0.717, 1.165) is 38.4 Å². The highest BCUT2D eigenvalue weighted by Crippen LogP contribution is 2.14. The lowest BCUT2D eigenvalue weighted by Gasteiger charge is -2.34. The van der Waals surface area contributed by atoms with E-state index < -0.39 is 0 Å². The SMILES string of the molecule is CCNC(=NCC(C)Oc1ccc(F)cc1)NC1CCN(C(=O)C(C)C)CC1.I. The van der Waals surface area contributed by atoms with Crippen molar-refractivity contribution in [3.8, 4) is 5.75 Å². The fourth-order valence-corrected chi connectivity index (χ4v) is 3.13. The first kappa shape index (κ1) is 25.5. The van der Waals surface area contributed by atoms with Crippen LogP contribution in [-0.2, 0) is 4.79 Å². The van der Waals surface area contributed by atoms with Crippen LogP contribution >= 0.6 is 24.0 Å². The van der Waals surface area contributed by atoms with Crippen molar-refractivity contribution in [1.29, 1.82) is 0 Å². The fraction of sp³-hybridized carbons (Fsp3) is 0.619. The van der Waals surface area contributed by atoms with Gasteiger partial charge < -0.3 is 20.3 Å². The maximum Gasteiger partial charge on any atom is 0.225 e. The normalized spacial score (nSPS) is 16.2. The van der Waals surface area contributed by atoms with Crippen molar-refractivity contribution in [2.75, 3.05) is 26.2 Å². The zero-order chi connectivity index (χ0) is 20.5. The molecule has 1 amide bonds. The molecule has 1 aliphatic rings. The van der Waals surface area contributed by atoms with Gasteiger partial charge in [-0.3, -0.25) is 4.79 Å². The first-order chi connectivity index (χ1) is 13.4. The molecule has 6 nitrogen and oxygen atoms in total. The first-order valence-electron chi connectivity index (χ1n) is 10.1. The Kier molecular flexibility index (Phi) is 11.3. The van der Waals surface area contributed by atoms with Crippen molar-refractivity contribution in [3.05, 3.63) is 30.1 Å². The molecule has 2 N–H and O–H groups in total. The van der Waals surface area contributed by atoms with Gasteiger partial charge in [0.05, 0.1) is 6.54 Å². The van der Waals surface area contributed by atoms with Crippen LogP contribution in [0.4, 0.5) is 4.39 Å². The largest absolute Gasteiger partial charge is 0.489 e. The van der Waals surface area contributed by atoms with Gasteiger partial charge in [0.2, 0.25) is 5.91 Å². The molecule has 1 unspecified atom stereocenters. The summed E-state index contributed by atoms with van der Waals surface area (Å²) in [5.41, 5.74) is 0. The molecule has 164 valence electrons. The molecule has 29 heavy (non-hydrogen) atoms. The second kappa shape index (κ2) is 12.9. The third-order valence-electron chi connectivity index (χ3n) is 4.64. The third-order valence-corrected chi connectivity index (χ3v) is 4.64. The van der Waals surface area contributed by atoms with Gasteiger partial charge in [-0.15, -0.1) is 24.0 Å². The number of rotatable bonds is 7. The Labute approximate surface area is 190 Å². The predicted octanol–water partition coefficient (Wildman–Crippen LogP) is 3.41. The van der Waals surface area contributed by atoms with E-state index in [9.17, 15) is 9.18 Å². The number of aliphatic imine (C=N–C) groups is 1. The number of hydrogen-bond acceptors (Lipinski definition) is 3. The van der Waals surface area contributed by atoms with Crippen LogP contribution in [0.3, 0.4) is 0 Å². The summed E-state index contributed by atoms with van der Waals surface area (Å²) in [6, 6.07) is 6.29. The van der Waals surface area contributed by atoms with E-state index in [2.05, 4.69) is 15.6 Å². The third kappa shape index (κ3) is 8.76. The van der Waals surface area contributed by atoms with Crippen LogP contribution < -0.4 is 15.4 Å². The molecule has 0 radical (unpaired) electrons. The summed E-state index contributed by atoms with van der Waals surface area (Å²) in [5.74, 6) is 1.38. The van der Waals surface area contributed by atoms with Crippen LogP contribution in [0.5, 0.6) is 5.75 Å². The number of halogens is 2. The Hall–Kier alpha value is -1.58. The van der Waals surface area contributed by atoms with Crippen molar-refractivity contribution in [3.63, 3.8) is 0 Å². The van der Waals surface area contributed by atoms with Gasteiger partial charge >= 0.3 is 0 Å². The second-order valence-corrected chi connectivity index (χ2v) is 7.50. The van der Waals surface area contributed by atoms with Crippen molar-refractivity contribution in [1.82, 2.24) is 15.5 Å². The van der Waals surface area contributed by atoms with Gasteiger partial charge in [-0.05, 0) is 51.0 Å². The summed E-state index contributed by atoms with van der Waals surface area (Å²) in [5, 5.41) is 6.73. The number of hydrogen-bond donors (Lipinski definition) is 2. The fourth-order valence-electron chi connectivity index (χ4n) is 3.13. The number of guanidine groups is 1. The number of amides is 1. The molecule has 0 spiro atoms. The number of carbonyl (C=O) groups is 1. The zero-order valence-corrected chi connectivity index (χ0v) is 20.1. The molecule has 1 saturated heterocycles. The molecular weight excluding hydrogens is 486 g/mol. The predicted molar refractivity (Wildman–Crippen MR) is 125 cm³/mol.